The van der Waals surface area contributed by atoms with Crippen molar-refractivity contribution < 1.29 is 29.1 Å². The van der Waals surface area contributed by atoms with Gasteiger partial charge in [-0.1, -0.05) is 13.8 Å². The van der Waals surface area contributed by atoms with Gasteiger partial charge in [0.25, 0.3) is 0 Å². The number of primary amides is 1. The van der Waals surface area contributed by atoms with Gasteiger partial charge in [0, 0.05) is 12.2 Å². The molecule has 0 bridgehead atoms. The van der Waals surface area contributed by atoms with E-state index in [1.54, 1.807) is 0 Å². The molecule has 4 unspecified atom stereocenters. The summed E-state index contributed by atoms with van der Waals surface area (Å²) in [6.45, 7) is 3.73. The molecule has 11 nitrogen and oxygen atoms in total. The Hall–Kier alpha value is -1.99. The van der Waals surface area contributed by atoms with Gasteiger partial charge in [-0.3, -0.25) is 19.2 Å². The van der Waals surface area contributed by atoms with Crippen molar-refractivity contribution in [3.05, 3.63) is 0 Å². The van der Waals surface area contributed by atoms with E-state index >= 15 is 0 Å². The molecule has 0 radical (unpaired) electrons. The minimum Gasteiger partial charge on any atom is -0.480 e. The van der Waals surface area contributed by atoms with E-state index in [1.807, 2.05) is 20.1 Å². The number of hydrogen-bond donors (Lipinski definition) is 7. The van der Waals surface area contributed by atoms with Crippen molar-refractivity contribution in [3.63, 3.8) is 0 Å². The fourth-order valence-electron chi connectivity index (χ4n) is 2.65. The first-order chi connectivity index (χ1) is 14.9. The number of carbonyl (C=O) groups is 5. The molecule has 0 saturated carbocycles. The van der Waals surface area contributed by atoms with E-state index in [-0.39, 0.29) is 37.4 Å². The molecule has 4 atom stereocenters. The van der Waals surface area contributed by atoms with Gasteiger partial charge in [0.2, 0.25) is 23.6 Å². The fourth-order valence-corrected chi connectivity index (χ4v) is 3.36. The van der Waals surface area contributed by atoms with Crippen LogP contribution in [-0.2, 0) is 24.0 Å². The van der Waals surface area contributed by atoms with Gasteiger partial charge in [-0.05, 0) is 37.2 Å². The van der Waals surface area contributed by atoms with Crippen molar-refractivity contribution in [3.8, 4) is 0 Å². The molecule has 0 aromatic heterocycles. The zero-order valence-electron chi connectivity index (χ0n) is 18.6. The second-order valence-electron chi connectivity index (χ2n) is 7.73. The summed E-state index contributed by atoms with van der Waals surface area (Å²) in [5.41, 5.74) is 10.8. The summed E-state index contributed by atoms with van der Waals surface area (Å²) in [5, 5.41) is 16.7. The average molecular weight is 494 g/mol. The quantitative estimate of drug-likeness (QED) is 0.131. The molecule has 0 aromatic rings. The van der Waals surface area contributed by atoms with Crippen LogP contribution < -0.4 is 27.4 Å². The Morgan fingerprint density at radius 1 is 0.938 bits per heavy atom. The highest BCUT2D eigenvalue weighted by Crippen LogP contribution is 2.08. The standard InChI is InChI=1S/C19H35N5O6S2/c1-10(2)8-13(23-16(26)11(20)4-5-15(21)25)18(28)22-12(6-7-32-3)17(27)24-14(9-31)19(29)30/h10-14,31H,4-9,20H2,1-3H3,(H2,21,25)(H,22,28)(H,23,26)(H,24,27)(H,29,30). The molecule has 8 N–H and O–H groups in total. The summed E-state index contributed by atoms with van der Waals surface area (Å²) in [6.07, 6.45) is 2.35. The van der Waals surface area contributed by atoms with Gasteiger partial charge < -0.3 is 32.5 Å². The van der Waals surface area contributed by atoms with E-state index in [0.29, 0.717) is 5.75 Å². The van der Waals surface area contributed by atoms with Gasteiger partial charge in [0.05, 0.1) is 6.04 Å². The number of carboxylic acid groups (broad SMARTS) is 1. The summed E-state index contributed by atoms with van der Waals surface area (Å²) in [4.78, 5) is 60.0. The van der Waals surface area contributed by atoms with Gasteiger partial charge >= 0.3 is 5.97 Å². The first-order valence-electron chi connectivity index (χ1n) is 10.2. The Bertz CT molecular complexity index is 664. The topological polar surface area (TPSA) is 194 Å². The lowest BCUT2D eigenvalue weighted by molar-refractivity contribution is -0.141. The number of nitrogens with two attached hydrogens (primary N) is 2. The fraction of sp³-hybridized carbons (Fsp3) is 0.737. The van der Waals surface area contributed by atoms with Crippen LogP contribution in [0.1, 0.15) is 39.5 Å². The predicted molar refractivity (Wildman–Crippen MR) is 126 cm³/mol. The molecule has 0 aliphatic rings. The maximum absolute atomic E-state index is 12.9. The van der Waals surface area contributed by atoms with E-state index in [2.05, 4.69) is 28.6 Å². The van der Waals surface area contributed by atoms with Crippen molar-refractivity contribution in [1.29, 1.82) is 0 Å². The van der Waals surface area contributed by atoms with E-state index in [1.165, 1.54) is 11.8 Å². The summed E-state index contributed by atoms with van der Waals surface area (Å²) >= 11 is 5.38. The highest BCUT2D eigenvalue weighted by atomic mass is 32.2. The Kier molecular flexibility index (Phi) is 14.8. The maximum Gasteiger partial charge on any atom is 0.327 e. The first-order valence-corrected chi connectivity index (χ1v) is 12.2. The van der Waals surface area contributed by atoms with Crippen molar-refractivity contribution in [1.82, 2.24) is 16.0 Å². The van der Waals surface area contributed by atoms with Crippen LogP contribution in [0.4, 0.5) is 0 Å². The molecule has 4 amide bonds. The minimum absolute atomic E-state index is 0.0342. The summed E-state index contributed by atoms with van der Waals surface area (Å²) in [6, 6.07) is -4.18. The van der Waals surface area contributed by atoms with E-state index in [9.17, 15) is 24.0 Å². The average Bonchev–Trinajstić information content (AvgIpc) is 2.71. The van der Waals surface area contributed by atoms with Gasteiger partial charge in [-0.25, -0.2) is 4.79 Å². The molecule has 0 saturated heterocycles. The van der Waals surface area contributed by atoms with Crippen LogP contribution in [0.15, 0.2) is 0 Å². The van der Waals surface area contributed by atoms with E-state index in [4.69, 9.17) is 16.6 Å². The molecular formula is C19H35N5O6S2. The number of thioether (sulfide) groups is 1. The zero-order valence-corrected chi connectivity index (χ0v) is 20.3. The molecule has 184 valence electrons. The Balaban J connectivity index is 5.34. The van der Waals surface area contributed by atoms with Crippen molar-refractivity contribution in [2.24, 2.45) is 17.4 Å². The third-order valence-electron chi connectivity index (χ3n) is 4.42. The largest absolute Gasteiger partial charge is 0.480 e. The van der Waals surface area contributed by atoms with Gasteiger partial charge in [0.1, 0.15) is 18.1 Å². The molecule has 0 aliphatic carbocycles. The third kappa shape index (κ3) is 12.2. The number of rotatable bonds is 16. The molecule has 13 heteroatoms. The van der Waals surface area contributed by atoms with Crippen LogP contribution in [0.3, 0.4) is 0 Å². The molecule has 32 heavy (non-hydrogen) atoms. The van der Waals surface area contributed by atoms with Crippen LogP contribution in [-0.4, -0.2) is 76.6 Å². The number of carbonyl (C=O) groups excluding carboxylic acids is 4. The number of aliphatic carboxylic acids is 1. The molecule has 0 rings (SSSR count). The Morgan fingerprint density at radius 3 is 1.94 bits per heavy atom. The monoisotopic (exact) mass is 493 g/mol. The summed E-state index contributed by atoms with van der Waals surface area (Å²) in [5.74, 6) is -3.22. The first kappa shape index (κ1) is 30.0. The van der Waals surface area contributed by atoms with Crippen LogP contribution >= 0.6 is 24.4 Å². The second kappa shape index (κ2) is 15.8. The normalized spacial score (nSPS) is 14.7. The maximum atomic E-state index is 12.9. The zero-order chi connectivity index (χ0) is 24.8. The summed E-state index contributed by atoms with van der Waals surface area (Å²) in [7, 11) is 0. The number of carboxylic acids is 1. The third-order valence-corrected chi connectivity index (χ3v) is 5.43. The predicted octanol–water partition coefficient (Wildman–Crippen LogP) is -1.15. The number of nitrogens with one attached hydrogen (secondary N) is 3. The SMILES string of the molecule is CSCCC(NC(=O)C(CC(C)C)NC(=O)C(N)CCC(N)=O)C(=O)NC(CS)C(=O)O. The van der Waals surface area contributed by atoms with Crippen LogP contribution in [0.5, 0.6) is 0 Å². The lowest BCUT2D eigenvalue weighted by atomic mass is 10.0. The minimum atomic E-state index is -1.24. The number of amides is 4. The molecule has 0 aromatic carbocycles. The van der Waals surface area contributed by atoms with Gasteiger partial charge in [0.15, 0.2) is 0 Å². The molecule has 0 spiro atoms. The van der Waals surface area contributed by atoms with Crippen LogP contribution in [0.25, 0.3) is 0 Å². The summed E-state index contributed by atoms with van der Waals surface area (Å²) < 4.78 is 0. The van der Waals surface area contributed by atoms with Gasteiger partial charge in [-0.2, -0.15) is 24.4 Å². The van der Waals surface area contributed by atoms with Crippen LogP contribution in [0.2, 0.25) is 0 Å². The van der Waals surface area contributed by atoms with E-state index in [0.717, 1.165) is 0 Å². The highest BCUT2D eigenvalue weighted by molar-refractivity contribution is 7.98. The van der Waals surface area contributed by atoms with Crippen molar-refractivity contribution in [2.45, 2.75) is 63.7 Å². The van der Waals surface area contributed by atoms with Crippen molar-refractivity contribution in [2.75, 3.05) is 17.8 Å². The second-order valence-corrected chi connectivity index (χ2v) is 9.08. The molecule has 0 heterocycles. The van der Waals surface area contributed by atoms with Gasteiger partial charge in [-0.15, -0.1) is 0 Å². The Morgan fingerprint density at radius 2 is 1.47 bits per heavy atom. The van der Waals surface area contributed by atoms with E-state index < -0.39 is 53.8 Å². The number of thiol groups is 1. The molecule has 0 aliphatic heterocycles. The van der Waals surface area contributed by atoms with Crippen LogP contribution in [0, 0.1) is 5.92 Å². The smallest absolute Gasteiger partial charge is 0.327 e. The molecular weight excluding hydrogens is 458 g/mol. The Labute approximate surface area is 198 Å². The van der Waals surface area contributed by atoms with Crippen molar-refractivity contribution >= 4 is 54.0 Å². The lowest BCUT2D eigenvalue weighted by Gasteiger charge is -2.25. The highest BCUT2D eigenvalue weighted by Gasteiger charge is 2.30. The number of hydrogen-bond acceptors (Lipinski definition) is 8. The lowest BCUT2D eigenvalue weighted by Crippen LogP contribution is -2.57. The molecule has 0 fully saturated rings.